The second-order valence-electron chi connectivity index (χ2n) is 25.4. The standard InChI is InChI=1S/C73H96N16O13/c1-6-7-12-29-76-69-68-58(78-49(4)79-69)27-32-88(68)43-53-22-19-51(41-61(53)97-5)42-87-45-55(46-87)81-73(96)102-47-50-20-23-54(24-21-50)80-70(93)59(17-13-30-77-72(74)95)82-71(94)65(48(2)3)83-63(91)28-33-98-35-37-100-39-40-101-38-36-99-34-31-75-62(90)25-26-64(92)89-44-52-14-8-9-15-56(52)66-67(85-86-84-66)57-16-10-11-18-60(57)89/h8-11,14-16,18-24,27,32,41,48,55,59,65H,6-7,12-13,17,25-26,28-31,33-40,42-47H2,1-5H3,(H,75,90)(H,80,93)(H,81,96)(H,82,94)(H,83,91)(H3,74,77,95)(H,76,78,79)(H,84,85,86)/t59-,65-/m0/s1. The SMILES string of the molecule is CCCCCNc1nc(C)nc2ccn(Cc3ccc(CN4CC(NC(=O)OCc5ccc(NC(=O)[C@H](CCCNC(N)=O)NC(=O)[C@@H](NC(=O)CCOCCOCCOCCOCCNC(=O)CCC(=O)N6Cc7ccccc7-c7n[nH]nc7-c7ccccc76)C(C)C)cc5)C4)cc3OC)c12. The zero-order chi connectivity index (χ0) is 72.2. The molecule has 8 amide bonds. The summed E-state index contributed by atoms with van der Waals surface area (Å²) in [5.41, 5.74) is 15.0. The maximum atomic E-state index is 13.8. The molecule has 0 radical (unpaired) electrons. The molecule has 0 saturated carbocycles. The number of nitrogens with two attached hydrogens (primary N) is 1. The molecule has 7 aromatic rings. The number of rotatable bonds is 41. The smallest absolute Gasteiger partial charge is 0.407 e. The lowest BCUT2D eigenvalue weighted by atomic mass is 9.95. The summed E-state index contributed by atoms with van der Waals surface area (Å²) in [7, 11) is 1.68. The topological polar surface area (TPSA) is 364 Å². The predicted octanol–water partition coefficient (Wildman–Crippen LogP) is 6.87. The summed E-state index contributed by atoms with van der Waals surface area (Å²) < 4.78 is 36.0. The summed E-state index contributed by atoms with van der Waals surface area (Å²) >= 11 is 0. The first kappa shape index (κ1) is 76.1. The number of aryl methyl sites for hydroxylation is 1. The number of aromatic amines is 1. The molecule has 10 N–H and O–H groups in total. The minimum absolute atomic E-state index is 0.0130. The van der Waals surface area contributed by atoms with Gasteiger partial charge in [-0.2, -0.15) is 15.4 Å². The number of anilines is 3. The number of unbranched alkanes of at least 4 members (excludes halogenated alkanes) is 2. The molecule has 4 aromatic carbocycles. The van der Waals surface area contributed by atoms with E-state index in [0.29, 0.717) is 88.2 Å². The number of carbonyl (C=O) groups excluding carboxylic acids is 7. The normalized spacial score (nSPS) is 13.3. The number of H-pyrrole nitrogens is 1. The van der Waals surface area contributed by atoms with Crippen LogP contribution in [0.1, 0.15) is 100 Å². The molecule has 29 nitrogen and oxygen atoms in total. The van der Waals surface area contributed by atoms with E-state index in [-0.39, 0.29) is 95.6 Å². The number of amides is 8. The van der Waals surface area contributed by atoms with Crippen LogP contribution in [0.5, 0.6) is 5.75 Å². The van der Waals surface area contributed by atoms with E-state index in [1.807, 2.05) is 67.7 Å². The van der Waals surface area contributed by atoms with E-state index < -0.39 is 41.9 Å². The average Bonchev–Trinajstić information content (AvgIpc) is 1.48. The van der Waals surface area contributed by atoms with E-state index in [0.717, 1.165) is 87.7 Å². The van der Waals surface area contributed by atoms with Crippen molar-refractivity contribution < 1.29 is 62.0 Å². The van der Waals surface area contributed by atoms with Crippen molar-refractivity contribution in [3.8, 4) is 28.3 Å². The van der Waals surface area contributed by atoms with Gasteiger partial charge in [0, 0.05) is 87.1 Å². The molecule has 2 aliphatic rings. The van der Waals surface area contributed by atoms with Crippen LogP contribution in [-0.4, -0.2) is 187 Å². The Kier molecular flexibility index (Phi) is 29.3. The minimum Gasteiger partial charge on any atom is -0.496 e. The van der Waals surface area contributed by atoms with Crippen molar-refractivity contribution in [1.82, 2.24) is 61.4 Å². The molecule has 1 fully saturated rings. The largest absolute Gasteiger partial charge is 0.496 e. The number of hydrogen-bond donors (Lipinski definition) is 9. The van der Waals surface area contributed by atoms with Gasteiger partial charge in [-0.1, -0.05) is 100 Å². The van der Waals surface area contributed by atoms with Gasteiger partial charge >= 0.3 is 12.1 Å². The van der Waals surface area contributed by atoms with Gasteiger partial charge in [0.2, 0.25) is 29.5 Å². The maximum absolute atomic E-state index is 13.8. The Morgan fingerprint density at radius 1 is 0.686 bits per heavy atom. The lowest BCUT2D eigenvalue weighted by Gasteiger charge is -2.39. The number of nitrogens with one attached hydrogen (secondary N) is 8. The molecule has 102 heavy (non-hydrogen) atoms. The highest BCUT2D eigenvalue weighted by Gasteiger charge is 2.32. The predicted molar refractivity (Wildman–Crippen MR) is 384 cm³/mol. The van der Waals surface area contributed by atoms with Crippen LogP contribution < -0.4 is 52.6 Å². The van der Waals surface area contributed by atoms with Crippen molar-refractivity contribution >= 4 is 69.9 Å². The van der Waals surface area contributed by atoms with E-state index in [9.17, 15) is 33.6 Å². The van der Waals surface area contributed by atoms with Gasteiger partial charge in [0.25, 0.3) is 0 Å². The zero-order valence-corrected chi connectivity index (χ0v) is 58.8. The Morgan fingerprint density at radius 3 is 2.11 bits per heavy atom. The lowest BCUT2D eigenvalue weighted by Crippen LogP contribution is -2.58. The number of fused-ring (bicyclic) bond motifs is 6. The van der Waals surface area contributed by atoms with E-state index in [1.54, 1.807) is 50.1 Å². The Hall–Kier alpha value is -10.1. The van der Waals surface area contributed by atoms with Crippen molar-refractivity contribution in [2.24, 2.45) is 11.7 Å². The summed E-state index contributed by atoms with van der Waals surface area (Å²) in [6.07, 6.45) is 5.27. The number of para-hydroxylation sites is 1. The highest BCUT2D eigenvalue weighted by Crippen LogP contribution is 2.40. The fraction of sp³-hybridized carbons (Fsp3) is 0.466. The Morgan fingerprint density at radius 2 is 1.38 bits per heavy atom. The van der Waals surface area contributed by atoms with E-state index >= 15 is 0 Å². The number of benzene rings is 4. The molecule has 0 spiro atoms. The Labute approximate surface area is 593 Å². The monoisotopic (exact) mass is 1400 g/mol. The first-order valence-electron chi connectivity index (χ1n) is 34.9. The van der Waals surface area contributed by atoms with E-state index in [1.165, 1.54) is 0 Å². The highest BCUT2D eigenvalue weighted by atomic mass is 16.6. The number of primary amides is 1. The van der Waals surface area contributed by atoms with Crippen LogP contribution in [0.3, 0.4) is 0 Å². The summed E-state index contributed by atoms with van der Waals surface area (Å²) in [5.74, 6) is 0.0124. The molecule has 0 aliphatic carbocycles. The molecule has 3 aromatic heterocycles. The molecule has 2 aliphatic heterocycles. The van der Waals surface area contributed by atoms with Gasteiger partial charge in [0.1, 0.15) is 47.2 Å². The number of ether oxygens (including phenoxy) is 6. The maximum Gasteiger partial charge on any atom is 0.407 e. The van der Waals surface area contributed by atoms with E-state index in [2.05, 4.69) is 92.2 Å². The van der Waals surface area contributed by atoms with Gasteiger partial charge in [-0.3, -0.25) is 28.9 Å². The lowest BCUT2D eigenvalue weighted by molar-refractivity contribution is -0.132. The highest BCUT2D eigenvalue weighted by molar-refractivity contribution is 6.01. The number of nitrogens with zero attached hydrogens (tertiary/aromatic N) is 7. The number of urea groups is 1. The molecule has 29 heteroatoms. The third-order valence-electron chi connectivity index (χ3n) is 17.3. The van der Waals surface area contributed by atoms with Crippen molar-refractivity contribution in [2.45, 2.75) is 123 Å². The molecular weight excluding hydrogens is 1310 g/mol. The van der Waals surface area contributed by atoms with Crippen LogP contribution >= 0.6 is 0 Å². The van der Waals surface area contributed by atoms with Crippen LogP contribution in [0.25, 0.3) is 33.5 Å². The molecular formula is C73H96N16O13. The molecule has 2 atom stereocenters. The average molecular weight is 1410 g/mol. The van der Waals surface area contributed by atoms with Gasteiger partial charge in [0.05, 0.1) is 90.3 Å². The van der Waals surface area contributed by atoms with Crippen molar-refractivity contribution in [3.05, 3.63) is 131 Å². The van der Waals surface area contributed by atoms with Gasteiger partial charge in [-0.15, -0.1) is 0 Å². The van der Waals surface area contributed by atoms with E-state index in [4.69, 9.17) is 39.1 Å². The molecule has 546 valence electrons. The fourth-order valence-electron chi connectivity index (χ4n) is 11.9. The van der Waals surface area contributed by atoms with Crippen molar-refractivity contribution in [2.75, 3.05) is 108 Å². The number of alkyl carbamates (subject to hydrolysis) is 1. The zero-order valence-electron chi connectivity index (χ0n) is 58.8. The number of aromatic nitrogens is 6. The van der Waals surface area contributed by atoms with Crippen LogP contribution in [0.2, 0.25) is 0 Å². The fourth-order valence-corrected chi connectivity index (χ4v) is 11.9. The third kappa shape index (κ3) is 22.7. The summed E-state index contributed by atoms with van der Waals surface area (Å²) in [6.45, 7) is 13.8. The van der Waals surface area contributed by atoms with Crippen LogP contribution in [0.15, 0.2) is 103 Å². The Bertz CT molecular complexity index is 3920. The van der Waals surface area contributed by atoms with Gasteiger partial charge in [0.15, 0.2) is 5.82 Å². The number of hydrogen-bond acceptors (Lipinski definition) is 19. The molecule has 9 rings (SSSR count). The summed E-state index contributed by atoms with van der Waals surface area (Å²) in [6, 6.07) is 27.5. The summed E-state index contributed by atoms with van der Waals surface area (Å²) in [5, 5.41) is 31.7. The third-order valence-corrected chi connectivity index (χ3v) is 17.3. The molecule has 5 heterocycles. The molecule has 1 saturated heterocycles. The second kappa shape index (κ2) is 39.2. The van der Waals surface area contributed by atoms with Gasteiger partial charge in [-0.25, -0.2) is 19.6 Å². The van der Waals surface area contributed by atoms with Crippen molar-refractivity contribution in [1.29, 1.82) is 0 Å². The molecule has 0 bridgehead atoms. The molecule has 0 unspecified atom stereocenters. The quantitative estimate of drug-likeness (QED) is 0.0176. The van der Waals surface area contributed by atoms with Gasteiger partial charge in [-0.05, 0) is 79.1 Å². The van der Waals surface area contributed by atoms with Crippen molar-refractivity contribution in [3.63, 3.8) is 0 Å². The summed E-state index contributed by atoms with van der Waals surface area (Å²) in [4.78, 5) is 105. The first-order valence-corrected chi connectivity index (χ1v) is 34.9. The van der Waals surface area contributed by atoms with Gasteiger partial charge < -0.3 is 80.8 Å². The second-order valence-corrected chi connectivity index (χ2v) is 25.4. The van der Waals surface area contributed by atoms with Crippen LogP contribution in [0, 0.1) is 12.8 Å². The van der Waals surface area contributed by atoms with Crippen LogP contribution in [-0.2, 0) is 73.9 Å². The number of methoxy groups -OCH3 is 1. The van der Waals surface area contributed by atoms with Crippen LogP contribution in [0.4, 0.5) is 26.8 Å². The minimum atomic E-state index is -1.06. The number of carbonyl (C=O) groups is 7. The first-order chi connectivity index (χ1) is 49.5. The Balaban J connectivity index is 0.605. The number of likely N-dealkylation sites (tertiary alicyclic amines) is 1.